The molecule has 0 radical (unpaired) electrons. The highest BCUT2D eigenvalue weighted by atomic mass is 35.5. The predicted molar refractivity (Wildman–Crippen MR) is 109 cm³/mol. The van der Waals surface area contributed by atoms with Crippen LogP contribution in [-0.2, 0) is 0 Å². The first-order valence-corrected chi connectivity index (χ1v) is 9.40. The van der Waals surface area contributed by atoms with Gasteiger partial charge in [0.2, 0.25) is 0 Å². The van der Waals surface area contributed by atoms with Gasteiger partial charge in [0.05, 0.1) is 20.8 Å². The van der Waals surface area contributed by atoms with E-state index in [2.05, 4.69) is 16.4 Å². The van der Waals surface area contributed by atoms with Crippen molar-refractivity contribution < 1.29 is 4.79 Å². The van der Waals surface area contributed by atoms with E-state index in [1.54, 1.807) is 29.5 Å². The van der Waals surface area contributed by atoms with Crippen LogP contribution in [0.1, 0.15) is 10.4 Å². The fourth-order valence-electron chi connectivity index (χ4n) is 2.56. The minimum absolute atomic E-state index is 0.278. The van der Waals surface area contributed by atoms with Gasteiger partial charge in [0.15, 0.2) is 0 Å². The molecule has 0 atom stereocenters. The van der Waals surface area contributed by atoms with Gasteiger partial charge >= 0.3 is 0 Å². The van der Waals surface area contributed by atoms with Gasteiger partial charge in [0.1, 0.15) is 5.01 Å². The van der Waals surface area contributed by atoms with E-state index in [9.17, 15) is 4.79 Å². The fourth-order valence-corrected chi connectivity index (χ4v) is 4.03. The lowest BCUT2D eigenvalue weighted by molar-refractivity contribution is 0.102. The summed E-state index contributed by atoms with van der Waals surface area (Å²) in [5.41, 5.74) is 3.06. The number of carbonyl (C=O) groups excluding carboxylic acids is 1. The van der Waals surface area contributed by atoms with Crippen molar-refractivity contribution >= 4 is 56.3 Å². The maximum Gasteiger partial charge on any atom is 0.257 e. The van der Waals surface area contributed by atoms with Crippen LogP contribution in [0, 0.1) is 0 Å². The number of hydrogen-bond donors (Lipinski definition) is 1. The maximum atomic E-state index is 12.4. The zero-order valence-corrected chi connectivity index (χ0v) is 15.7. The summed E-state index contributed by atoms with van der Waals surface area (Å²) in [7, 11) is 0. The third-order valence-corrected chi connectivity index (χ3v) is 5.49. The number of fused-ring (bicyclic) bond motifs is 1. The van der Waals surface area contributed by atoms with Crippen LogP contribution in [0.5, 0.6) is 0 Å². The lowest BCUT2D eigenvalue weighted by Gasteiger charge is -2.07. The zero-order chi connectivity index (χ0) is 18.1. The van der Waals surface area contributed by atoms with Gasteiger partial charge in [0.25, 0.3) is 5.91 Å². The molecule has 4 rings (SSSR count). The van der Waals surface area contributed by atoms with Crippen molar-refractivity contribution in [3.05, 3.63) is 82.3 Å². The van der Waals surface area contributed by atoms with E-state index in [4.69, 9.17) is 23.2 Å². The highest BCUT2D eigenvalue weighted by molar-refractivity contribution is 7.21. The summed E-state index contributed by atoms with van der Waals surface area (Å²) in [4.78, 5) is 17.0. The summed E-state index contributed by atoms with van der Waals surface area (Å²) in [5, 5.41) is 4.60. The number of benzene rings is 3. The number of aromatic nitrogens is 1. The minimum Gasteiger partial charge on any atom is -0.322 e. The molecule has 0 saturated heterocycles. The number of amides is 1. The molecule has 0 aliphatic rings. The van der Waals surface area contributed by atoms with Gasteiger partial charge in [-0.2, -0.15) is 0 Å². The molecule has 128 valence electrons. The third kappa shape index (κ3) is 3.44. The zero-order valence-electron chi connectivity index (χ0n) is 13.4. The highest BCUT2D eigenvalue weighted by Gasteiger charge is 2.11. The Kier molecular flexibility index (Phi) is 4.64. The molecule has 6 heteroatoms. The van der Waals surface area contributed by atoms with Crippen LogP contribution in [0.3, 0.4) is 0 Å². The second-order valence-electron chi connectivity index (χ2n) is 5.64. The van der Waals surface area contributed by atoms with Gasteiger partial charge in [0, 0.05) is 16.3 Å². The summed E-state index contributed by atoms with van der Waals surface area (Å²) in [6, 6.07) is 20.4. The van der Waals surface area contributed by atoms with Crippen LogP contribution in [-0.4, -0.2) is 10.9 Å². The normalized spacial score (nSPS) is 10.8. The Morgan fingerprint density at radius 3 is 2.46 bits per heavy atom. The SMILES string of the molecule is O=C(Nc1ccc(-c2nc3ccccc3s2)cc1)c1ccc(Cl)cc1Cl. The molecule has 0 bridgehead atoms. The van der Waals surface area contributed by atoms with Gasteiger partial charge in [-0.15, -0.1) is 11.3 Å². The van der Waals surface area contributed by atoms with E-state index in [-0.39, 0.29) is 5.91 Å². The number of hydrogen-bond acceptors (Lipinski definition) is 3. The third-order valence-electron chi connectivity index (χ3n) is 3.86. The number of thiazole rings is 1. The number of nitrogens with one attached hydrogen (secondary N) is 1. The maximum absolute atomic E-state index is 12.4. The molecule has 0 fully saturated rings. The molecule has 3 nitrogen and oxygen atoms in total. The summed E-state index contributed by atoms with van der Waals surface area (Å²) < 4.78 is 1.15. The van der Waals surface area contributed by atoms with E-state index in [0.717, 1.165) is 20.8 Å². The van der Waals surface area contributed by atoms with Crippen LogP contribution in [0.4, 0.5) is 5.69 Å². The van der Waals surface area contributed by atoms with Gasteiger partial charge in [-0.1, -0.05) is 35.3 Å². The average molecular weight is 399 g/mol. The Bertz CT molecular complexity index is 1070. The average Bonchev–Trinajstić information content (AvgIpc) is 3.06. The second-order valence-corrected chi connectivity index (χ2v) is 7.52. The highest BCUT2D eigenvalue weighted by Crippen LogP contribution is 2.30. The topological polar surface area (TPSA) is 42.0 Å². The van der Waals surface area contributed by atoms with Gasteiger partial charge < -0.3 is 5.32 Å². The number of rotatable bonds is 3. The lowest BCUT2D eigenvalue weighted by atomic mass is 10.2. The molecule has 1 amide bonds. The molecule has 1 N–H and O–H groups in total. The Balaban J connectivity index is 1.55. The Hall–Kier alpha value is -2.40. The molecule has 0 aliphatic heterocycles. The molecule has 4 aromatic rings. The Morgan fingerprint density at radius 1 is 0.962 bits per heavy atom. The predicted octanol–water partition coefficient (Wildman–Crippen LogP) is 6.52. The van der Waals surface area contributed by atoms with E-state index in [1.165, 1.54) is 0 Å². The van der Waals surface area contributed by atoms with Gasteiger partial charge in [-0.05, 0) is 54.6 Å². The molecule has 1 heterocycles. The standard InChI is InChI=1S/C20H12Cl2N2OS/c21-13-7-10-15(16(22)11-13)19(25)23-14-8-5-12(6-9-14)20-24-17-3-1-2-4-18(17)26-20/h1-11H,(H,23,25). The summed E-state index contributed by atoms with van der Waals surface area (Å²) in [5.74, 6) is -0.278. The van der Waals surface area contributed by atoms with Crippen LogP contribution in [0.25, 0.3) is 20.8 Å². The molecule has 0 aliphatic carbocycles. The van der Waals surface area contributed by atoms with E-state index >= 15 is 0 Å². The molecule has 26 heavy (non-hydrogen) atoms. The van der Waals surface area contributed by atoms with Crippen molar-refractivity contribution in [3.8, 4) is 10.6 Å². The van der Waals surface area contributed by atoms with Crippen molar-refractivity contribution in [1.29, 1.82) is 0 Å². The molecule has 1 aromatic heterocycles. The molecular formula is C20H12Cl2N2OS. The number of anilines is 1. The minimum atomic E-state index is -0.278. The van der Waals surface area contributed by atoms with Crippen LogP contribution in [0.2, 0.25) is 10.0 Å². The Labute approximate surface area is 164 Å². The summed E-state index contributed by atoms with van der Waals surface area (Å²) >= 11 is 13.6. The van der Waals surface area contributed by atoms with Crippen LogP contribution < -0.4 is 5.32 Å². The lowest BCUT2D eigenvalue weighted by Crippen LogP contribution is -2.12. The molecule has 0 spiro atoms. The first kappa shape index (κ1) is 17.0. The van der Waals surface area contributed by atoms with E-state index in [1.807, 2.05) is 42.5 Å². The number of nitrogens with zero attached hydrogens (tertiary/aromatic N) is 1. The van der Waals surface area contributed by atoms with Crippen molar-refractivity contribution in [1.82, 2.24) is 4.98 Å². The largest absolute Gasteiger partial charge is 0.322 e. The summed E-state index contributed by atoms with van der Waals surface area (Å²) in [6.07, 6.45) is 0. The van der Waals surface area contributed by atoms with Crippen LogP contribution >= 0.6 is 34.5 Å². The monoisotopic (exact) mass is 398 g/mol. The second kappa shape index (κ2) is 7.08. The summed E-state index contributed by atoms with van der Waals surface area (Å²) in [6.45, 7) is 0. The quantitative estimate of drug-likeness (QED) is 0.426. The van der Waals surface area contributed by atoms with Gasteiger partial charge in [-0.3, -0.25) is 4.79 Å². The Morgan fingerprint density at radius 2 is 1.73 bits per heavy atom. The molecular weight excluding hydrogens is 387 g/mol. The number of para-hydroxylation sites is 1. The van der Waals surface area contributed by atoms with Crippen LogP contribution in [0.15, 0.2) is 66.7 Å². The van der Waals surface area contributed by atoms with E-state index in [0.29, 0.717) is 21.3 Å². The fraction of sp³-hybridized carbons (Fsp3) is 0. The molecule has 0 saturated carbocycles. The smallest absolute Gasteiger partial charge is 0.257 e. The molecule has 3 aromatic carbocycles. The van der Waals surface area contributed by atoms with Gasteiger partial charge in [-0.25, -0.2) is 4.98 Å². The van der Waals surface area contributed by atoms with Crippen molar-refractivity contribution in [2.24, 2.45) is 0 Å². The first-order chi connectivity index (χ1) is 12.6. The molecule has 0 unspecified atom stereocenters. The van der Waals surface area contributed by atoms with Crippen molar-refractivity contribution in [2.75, 3.05) is 5.32 Å². The first-order valence-electron chi connectivity index (χ1n) is 7.82. The van der Waals surface area contributed by atoms with Crippen molar-refractivity contribution in [2.45, 2.75) is 0 Å². The number of halogens is 2. The number of carbonyl (C=O) groups is 1. The van der Waals surface area contributed by atoms with E-state index < -0.39 is 0 Å². The van der Waals surface area contributed by atoms with Crippen molar-refractivity contribution in [3.63, 3.8) is 0 Å².